The molecule has 0 amide bonds. The molecule has 0 spiro atoms. The van der Waals surface area contributed by atoms with Crippen molar-refractivity contribution < 1.29 is 0 Å². The highest BCUT2D eigenvalue weighted by molar-refractivity contribution is 5.22. The zero-order valence-corrected chi connectivity index (χ0v) is 13.6. The summed E-state index contributed by atoms with van der Waals surface area (Å²) in [7, 11) is 0. The van der Waals surface area contributed by atoms with E-state index in [1.807, 2.05) is 12.4 Å². The average Bonchev–Trinajstić information content (AvgIpc) is 2.83. The van der Waals surface area contributed by atoms with Gasteiger partial charge in [0.15, 0.2) is 0 Å². The van der Waals surface area contributed by atoms with E-state index in [9.17, 15) is 0 Å². The summed E-state index contributed by atoms with van der Waals surface area (Å²) in [4.78, 5) is 4.34. The normalized spacial score (nSPS) is 12.6. The number of aromatic nitrogens is 3. The van der Waals surface area contributed by atoms with Gasteiger partial charge in [-0.1, -0.05) is 13.0 Å². The van der Waals surface area contributed by atoms with Crippen molar-refractivity contribution in [3.05, 3.63) is 47.0 Å². The quantitative estimate of drug-likeness (QED) is 0.850. The smallest absolute Gasteiger partial charge is 0.0596 e. The van der Waals surface area contributed by atoms with Crippen LogP contribution in [0.4, 0.5) is 0 Å². The van der Waals surface area contributed by atoms with Crippen LogP contribution in [0.1, 0.15) is 48.8 Å². The molecule has 21 heavy (non-hydrogen) atoms. The van der Waals surface area contributed by atoms with Crippen LogP contribution in [-0.4, -0.2) is 21.3 Å². The lowest BCUT2D eigenvalue weighted by molar-refractivity contribution is 0.501. The minimum absolute atomic E-state index is 0.291. The summed E-state index contributed by atoms with van der Waals surface area (Å²) in [6.45, 7) is 10.4. The van der Waals surface area contributed by atoms with Crippen LogP contribution in [-0.2, 0) is 13.0 Å². The van der Waals surface area contributed by atoms with E-state index in [4.69, 9.17) is 0 Å². The van der Waals surface area contributed by atoms with Crippen molar-refractivity contribution in [2.45, 2.75) is 53.1 Å². The Hall–Kier alpha value is -1.68. The highest BCUT2D eigenvalue weighted by Gasteiger charge is 2.15. The lowest BCUT2D eigenvalue weighted by Gasteiger charge is -2.19. The number of nitrogens with one attached hydrogen (secondary N) is 1. The third-order valence-corrected chi connectivity index (χ3v) is 3.64. The fourth-order valence-electron chi connectivity index (χ4n) is 2.64. The van der Waals surface area contributed by atoms with Crippen LogP contribution in [0.2, 0.25) is 0 Å². The third kappa shape index (κ3) is 4.14. The number of rotatable bonds is 7. The minimum Gasteiger partial charge on any atom is -0.310 e. The molecule has 1 atom stereocenters. The fraction of sp³-hybridized carbons (Fsp3) is 0.529. The third-order valence-electron chi connectivity index (χ3n) is 3.64. The van der Waals surface area contributed by atoms with Crippen LogP contribution >= 0.6 is 0 Å². The molecule has 2 aromatic rings. The van der Waals surface area contributed by atoms with Gasteiger partial charge in [-0.3, -0.25) is 9.67 Å². The van der Waals surface area contributed by atoms with Crippen molar-refractivity contribution >= 4 is 0 Å². The van der Waals surface area contributed by atoms with Crippen LogP contribution in [0.15, 0.2) is 24.5 Å². The van der Waals surface area contributed by atoms with Crippen molar-refractivity contribution in [1.82, 2.24) is 20.1 Å². The van der Waals surface area contributed by atoms with Gasteiger partial charge in [-0.2, -0.15) is 5.10 Å². The SMILES string of the molecule is CCCNC(Cc1cc(C)nn1CC)c1cncc(C)c1. The Kier molecular flexibility index (Phi) is 5.51. The van der Waals surface area contributed by atoms with Gasteiger partial charge < -0.3 is 5.32 Å². The number of aryl methyl sites for hydroxylation is 3. The van der Waals surface area contributed by atoms with E-state index < -0.39 is 0 Å². The van der Waals surface area contributed by atoms with Gasteiger partial charge in [0.2, 0.25) is 0 Å². The Morgan fingerprint density at radius 2 is 2.00 bits per heavy atom. The van der Waals surface area contributed by atoms with Crippen LogP contribution in [0.25, 0.3) is 0 Å². The number of hydrogen-bond acceptors (Lipinski definition) is 3. The molecule has 0 aromatic carbocycles. The van der Waals surface area contributed by atoms with Gasteiger partial charge in [-0.15, -0.1) is 0 Å². The van der Waals surface area contributed by atoms with Crippen molar-refractivity contribution in [1.29, 1.82) is 0 Å². The number of hydrogen-bond donors (Lipinski definition) is 1. The molecule has 0 fully saturated rings. The average molecular weight is 286 g/mol. The van der Waals surface area contributed by atoms with E-state index in [0.29, 0.717) is 6.04 Å². The fourth-order valence-corrected chi connectivity index (χ4v) is 2.64. The maximum Gasteiger partial charge on any atom is 0.0596 e. The molecule has 2 aromatic heterocycles. The second-order valence-electron chi connectivity index (χ2n) is 5.60. The Morgan fingerprint density at radius 1 is 1.19 bits per heavy atom. The zero-order valence-electron chi connectivity index (χ0n) is 13.6. The van der Waals surface area contributed by atoms with Gasteiger partial charge in [-0.05, 0) is 50.9 Å². The lowest BCUT2D eigenvalue weighted by atomic mass is 10.0. The van der Waals surface area contributed by atoms with Crippen molar-refractivity contribution in [2.75, 3.05) is 6.54 Å². The zero-order chi connectivity index (χ0) is 15.2. The van der Waals surface area contributed by atoms with Crippen molar-refractivity contribution in [3.8, 4) is 0 Å². The second-order valence-corrected chi connectivity index (χ2v) is 5.60. The first-order valence-electron chi connectivity index (χ1n) is 7.82. The van der Waals surface area contributed by atoms with E-state index >= 15 is 0 Å². The van der Waals surface area contributed by atoms with Gasteiger partial charge >= 0.3 is 0 Å². The summed E-state index contributed by atoms with van der Waals surface area (Å²) < 4.78 is 2.10. The molecule has 4 nitrogen and oxygen atoms in total. The molecule has 2 heterocycles. The Balaban J connectivity index is 2.23. The van der Waals surface area contributed by atoms with Gasteiger partial charge in [0.1, 0.15) is 0 Å². The number of nitrogens with zero attached hydrogens (tertiary/aromatic N) is 3. The Labute approximate surface area is 127 Å². The molecule has 0 saturated carbocycles. The largest absolute Gasteiger partial charge is 0.310 e. The molecule has 0 bridgehead atoms. The Bertz CT molecular complexity index is 574. The van der Waals surface area contributed by atoms with Crippen LogP contribution in [0.3, 0.4) is 0 Å². The molecular formula is C17H26N4. The van der Waals surface area contributed by atoms with Gasteiger partial charge in [0.05, 0.1) is 5.69 Å². The van der Waals surface area contributed by atoms with Crippen molar-refractivity contribution in [3.63, 3.8) is 0 Å². The molecule has 1 unspecified atom stereocenters. The van der Waals surface area contributed by atoms with Gasteiger partial charge in [-0.25, -0.2) is 0 Å². The molecule has 4 heteroatoms. The first-order chi connectivity index (χ1) is 10.1. The number of pyridine rings is 1. The predicted octanol–water partition coefficient (Wildman–Crippen LogP) is 3.20. The minimum atomic E-state index is 0.291. The van der Waals surface area contributed by atoms with E-state index in [1.165, 1.54) is 16.8 Å². The molecule has 114 valence electrons. The monoisotopic (exact) mass is 286 g/mol. The summed E-state index contributed by atoms with van der Waals surface area (Å²) in [5.74, 6) is 0. The van der Waals surface area contributed by atoms with Crippen LogP contribution in [0.5, 0.6) is 0 Å². The first kappa shape index (κ1) is 15.7. The van der Waals surface area contributed by atoms with E-state index in [2.05, 4.69) is 59.9 Å². The van der Waals surface area contributed by atoms with Crippen molar-refractivity contribution in [2.24, 2.45) is 0 Å². The van der Waals surface area contributed by atoms with Crippen LogP contribution in [0, 0.1) is 13.8 Å². The lowest BCUT2D eigenvalue weighted by Crippen LogP contribution is -2.25. The predicted molar refractivity (Wildman–Crippen MR) is 86.4 cm³/mol. The summed E-state index contributed by atoms with van der Waals surface area (Å²) in [6.07, 6.45) is 5.95. The molecule has 0 radical (unpaired) electrons. The summed E-state index contributed by atoms with van der Waals surface area (Å²) in [5, 5.41) is 8.19. The summed E-state index contributed by atoms with van der Waals surface area (Å²) in [5.41, 5.74) is 4.83. The molecular weight excluding hydrogens is 260 g/mol. The first-order valence-corrected chi connectivity index (χ1v) is 7.82. The molecule has 0 aliphatic heterocycles. The van der Waals surface area contributed by atoms with E-state index in [-0.39, 0.29) is 0 Å². The van der Waals surface area contributed by atoms with E-state index in [1.54, 1.807) is 0 Å². The highest BCUT2D eigenvalue weighted by Crippen LogP contribution is 2.19. The molecule has 1 N–H and O–H groups in total. The molecule has 0 aliphatic rings. The molecule has 0 aliphatic carbocycles. The Morgan fingerprint density at radius 3 is 2.67 bits per heavy atom. The second kappa shape index (κ2) is 7.36. The van der Waals surface area contributed by atoms with Gasteiger partial charge in [0.25, 0.3) is 0 Å². The molecule has 0 saturated heterocycles. The summed E-state index contributed by atoms with van der Waals surface area (Å²) in [6, 6.07) is 4.70. The maximum atomic E-state index is 4.55. The maximum absolute atomic E-state index is 4.55. The summed E-state index contributed by atoms with van der Waals surface area (Å²) >= 11 is 0. The van der Waals surface area contributed by atoms with Gasteiger partial charge in [0, 0.05) is 37.1 Å². The topological polar surface area (TPSA) is 42.7 Å². The van der Waals surface area contributed by atoms with Crippen LogP contribution < -0.4 is 5.32 Å². The standard InChI is InChI=1S/C17H26N4/c1-5-7-19-17(15-8-13(3)11-18-12-15)10-16-9-14(4)20-21(16)6-2/h8-9,11-12,17,19H,5-7,10H2,1-4H3. The highest BCUT2D eigenvalue weighted by atomic mass is 15.3. The molecule has 2 rings (SSSR count). The van der Waals surface area contributed by atoms with E-state index in [0.717, 1.165) is 31.6 Å².